The van der Waals surface area contributed by atoms with Crippen LogP contribution < -0.4 is 11.1 Å². The maximum Gasteiger partial charge on any atom is 0.188 e. The molecule has 0 aliphatic carbocycles. The average molecular weight is 277 g/mol. The van der Waals surface area contributed by atoms with Crippen LogP contribution in [0.5, 0.6) is 0 Å². The summed E-state index contributed by atoms with van der Waals surface area (Å²) >= 11 is 0. The molecule has 0 aliphatic heterocycles. The molecule has 0 fully saturated rings. The number of hydrogen-bond donors (Lipinski definition) is 2. The summed E-state index contributed by atoms with van der Waals surface area (Å²) in [5, 5.41) is 3.10. The van der Waals surface area contributed by atoms with E-state index in [1.807, 2.05) is 18.2 Å². The fraction of sp³-hybridized carbons (Fsp3) is 0.562. The minimum Gasteiger partial charge on any atom is -0.374 e. The van der Waals surface area contributed by atoms with E-state index in [0.717, 1.165) is 25.8 Å². The summed E-state index contributed by atoms with van der Waals surface area (Å²) in [6.45, 7) is 6.52. The van der Waals surface area contributed by atoms with Crippen LogP contribution in [0.2, 0.25) is 0 Å². The molecule has 0 aliphatic rings. The van der Waals surface area contributed by atoms with E-state index < -0.39 is 0 Å². The van der Waals surface area contributed by atoms with Crippen molar-refractivity contribution in [1.29, 1.82) is 0 Å². The molecular formula is C16H27N3O. The summed E-state index contributed by atoms with van der Waals surface area (Å²) in [6, 6.07) is 10.2. The van der Waals surface area contributed by atoms with Crippen LogP contribution in [0, 0.1) is 0 Å². The molecule has 0 heterocycles. The highest BCUT2D eigenvalue weighted by atomic mass is 16.5. The molecule has 0 saturated carbocycles. The molecule has 0 aromatic heterocycles. The Labute approximate surface area is 122 Å². The lowest BCUT2D eigenvalue weighted by atomic mass is 10.1. The van der Waals surface area contributed by atoms with Crippen molar-refractivity contribution in [2.24, 2.45) is 10.7 Å². The van der Waals surface area contributed by atoms with Gasteiger partial charge in [-0.3, -0.25) is 4.99 Å². The third-order valence-electron chi connectivity index (χ3n) is 3.06. The summed E-state index contributed by atoms with van der Waals surface area (Å²) in [5.41, 5.74) is 6.95. The predicted octanol–water partition coefficient (Wildman–Crippen LogP) is 2.86. The van der Waals surface area contributed by atoms with E-state index in [-0.39, 0.29) is 6.10 Å². The molecule has 4 nitrogen and oxygen atoms in total. The number of nitrogens with two attached hydrogens (primary N) is 1. The van der Waals surface area contributed by atoms with Crippen LogP contribution in [0.15, 0.2) is 35.3 Å². The maximum atomic E-state index is 5.78. The first-order valence-electron chi connectivity index (χ1n) is 7.44. The number of unbranched alkanes of at least 4 members (excludes halogenated alkanes) is 1. The SMILES string of the molecule is CCCCNC(N)=NCCCOC(C)c1ccccc1. The molecule has 1 atom stereocenters. The van der Waals surface area contributed by atoms with Gasteiger partial charge in [0.05, 0.1) is 6.10 Å². The second-order valence-electron chi connectivity index (χ2n) is 4.82. The van der Waals surface area contributed by atoms with Crippen molar-refractivity contribution in [3.05, 3.63) is 35.9 Å². The molecule has 112 valence electrons. The molecule has 4 heteroatoms. The van der Waals surface area contributed by atoms with Gasteiger partial charge in [-0.15, -0.1) is 0 Å². The fourth-order valence-corrected chi connectivity index (χ4v) is 1.79. The lowest BCUT2D eigenvalue weighted by Crippen LogP contribution is -2.32. The fourth-order valence-electron chi connectivity index (χ4n) is 1.79. The van der Waals surface area contributed by atoms with Crippen LogP contribution in [0.25, 0.3) is 0 Å². The monoisotopic (exact) mass is 277 g/mol. The van der Waals surface area contributed by atoms with Crippen molar-refractivity contribution in [1.82, 2.24) is 5.32 Å². The zero-order chi connectivity index (χ0) is 14.6. The Bertz CT molecular complexity index is 379. The molecule has 1 aromatic carbocycles. The molecule has 1 aromatic rings. The van der Waals surface area contributed by atoms with Crippen molar-refractivity contribution in [2.75, 3.05) is 19.7 Å². The third-order valence-corrected chi connectivity index (χ3v) is 3.06. The highest BCUT2D eigenvalue weighted by Gasteiger charge is 2.03. The molecule has 1 rings (SSSR count). The molecule has 0 amide bonds. The molecule has 3 N–H and O–H groups in total. The van der Waals surface area contributed by atoms with Crippen molar-refractivity contribution >= 4 is 5.96 Å². The Morgan fingerprint density at radius 3 is 2.75 bits per heavy atom. The van der Waals surface area contributed by atoms with Crippen LogP contribution >= 0.6 is 0 Å². The van der Waals surface area contributed by atoms with Crippen LogP contribution in [-0.2, 0) is 4.74 Å². The first-order valence-corrected chi connectivity index (χ1v) is 7.44. The minimum absolute atomic E-state index is 0.125. The van der Waals surface area contributed by atoms with Gasteiger partial charge in [0, 0.05) is 19.7 Å². The van der Waals surface area contributed by atoms with E-state index in [9.17, 15) is 0 Å². The van der Waals surface area contributed by atoms with Crippen LogP contribution in [0.3, 0.4) is 0 Å². The van der Waals surface area contributed by atoms with E-state index in [1.165, 1.54) is 5.56 Å². The highest BCUT2D eigenvalue weighted by molar-refractivity contribution is 5.77. The van der Waals surface area contributed by atoms with Gasteiger partial charge >= 0.3 is 0 Å². The van der Waals surface area contributed by atoms with Crippen LogP contribution in [0.1, 0.15) is 44.8 Å². The van der Waals surface area contributed by atoms with Crippen molar-refractivity contribution in [3.8, 4) is 0 Å². The van der Waals surface area contributed by atoms with E-state index >= 15 is 0 Å². The van der Waals surface area contributed by atoms with E-state index in [2.05, 4.69) is 36.3 Å². The van der Waals surface area contributed by atoms with Gasteiger partial charge in [-0.25, -0.2) is 0 Å². The van der Waals surface area contributed by atoms with Crippen LogP contribution in [0.4, 0.5) is 0 Å². The average Bonchev–Trinajstić information content (AvgIpc) is 2.48. The Balaban J connectivity index is 2.11. The van der Waals surface area contributed by atoms with Gasteiger partial charge in [-0.1, -0.05) is 43.7 Å². The van der Waals surface area contributed by atoms with E-state index in [4.69, 9.17) is 10.5 Å². The summed E-state index contributed by atoms with van der Waals surface area (Å²) in [4.78, 5) is 4.27. The standard InChI is InChI=1S/C16H27N3O/c1-3-4-11-18-16(17)19-12-8-13-20-14(2)15-9-6-5-7-10-15/h5-7,9-10,14H,3-4,8,11-13H2,1-2H3,(H3,17,18,19). The Morgan fingerprint density at radius 1 is 1.30 bits per heavy atom. The van der Waals surface area contributed by atoms with Gasteiger partial charge in [0.15, 0.2) is 5.96 Å². The largest absolute Gasteiger partial charge is 0.374 e. The topological polar surface area (TPSA) is 59.6 Å². The number of rotatable bonds is 9. The van der Waals surface area contributed by atoms with E-state index in [0.29, 0.717) is 19.1 Å². The Hall–Kier alpha value is -1.55. The molecule has 20 heavy (non-hydrogen) atoms. The maximum absolute atomic E-state index is 5.78. The van der Waals surface area contributed by atoms with E-state index in [1.54, 1.807) is 0 Å². The minimum atomic E-state index is 0.125. The molecular weight excluding hydrogens is 250 g/mol. The molecule has 0 spiro atoms. The normalized spacial score (nSPS) is 13.2. The summed E-state index contributed by atoms with van der Waals surface area (Å²) in [7, 11) is 0. The smallest absolute Gasteiger partial charge is 0.188 e. The first kappa shape index (κ1) is 16.5. The summed E-state index contributed by atoms with van der Waals surface area (Å²) < 4.78 is 5.78. The third kappa shape index (κ3) is 7.14. The van der Waals surface area contributed by atoms with Gasteiger partial charge in [-0.2, -0.15) is 0 Å². The number of nitrogens with one attached hydrogen (secondary N) is 1. The van der Waals surface area contributed by atoms with Gasteiger partial charge in [0.1, 0.15) is 0 Å². The van der Waals surface area contributed by atoms with Gasteiger partial charge in [0.25, 0.3) is 0 Å². The number of ether oxygens (including phenoxy) is 1. The molecule has 0 radical (unpaired) electrons. The van der Waals surface area contributed by atoms with Crippen molar-refractivity contribution in [3.63, 3.8) is 0 Å². The number of nitrogens with zero attached hydrogens (tertiary/aromatic N) is 1. The summed E-state index contributed by atoms with van der Waals surface area (Å²) in [6.07, 6.45) is 3.28. The molecule has 0 bridgehead atoms. The first-order chi connectivity index (χ1) is 9.74. The zero-order valence-corrected chi connectivity index (χ0v) is 12.6. The lowest BCUT2D eigenvalue weighted by molar-refractivity contribution is 0.0652. The number of benzene rings is 1. The van der Waals surface area contributed by atoms with Gasteiger partial charge in [-0.05, 0) is 25.3 Å². The zero-order valence-electron chi connectivity index (χ0n) is 12.6. The number of hydrogen-bond acceptors (Lipinski definition) is 2. The predicted molar refractivity (Wildman–Crippen MR) is 84.8 cm³/mol. The Kier molecular flexibility index (Phi) is 8.47. The lowest BCUT2D eigenvalue weighted by Gasteiger charge is -2.12. The quantitative estimate of drug-likeness (QED) is 0.414. The number of guanidine groups is 1. The van der Waals surface area contributed by atoms with Crippen molar-refractivity contribution in [2.45, 2.75) is 39.2 Å². The Morgan fingerprint density at radius 2 is 2.05 bits per heavy atom. The highest BCUT2D eigenvalue weighted by Crippen LogP contribution is 2.15. The second kappa shape index (κ2) is 10.3. The van der Waals surface area contributed by atoms with Gasteiger partial charge in [0.2, 0.25) is 0 Å². The second-order valence-corrected chi connectivity index (χ2v) is 4.82. The van der Waals surface area contributed by atoms with Crippen LogP contribution in [-0.4, -0.2) is 25.7 Å². The molecule has 1 unspecified atom stereocenters. The van der Waals surface area contributed by atoms with Gasteiger partial charge < -0.3 is 15.8 Å². The molecule has 0 saturated heterocycles. The number of aliphatic imine (C=N–C) groups is 1. The summed E-state index contributed by atoms with van der Waals surface area (Å²) in [5.74, 6) is 0.537. The van der Waals surface area contributed by atoms with Crippen molar-refractivity contribution < 1.29 is 4.74 Å².